The molecule has 0 aliphatic heterocycles. The maximum Gasteiger partial charge on any atom is 0.107 e. The van der Waals surface area contributed by atoms with Gasteiger partial charge in [-0.15, -0.1) is 0 Å². The van der Waals surface area contributed by atoms with Gasteiger partial charge in [0.25, 0.3) is 0 Å². The van der Waals surface area contributed by atoms with E-state index in [9.17, 15) is 10.2 Å². The van der Waals surface area contributed by atoms with Crippen molar-refractivity contribution >= 4 is 0 Å². The number of hydrogen-bond donors (Lipinski definition) is 3. The largest absolute Gasteiger partial charge is 0.394 e. The molecule has 2 atom stereocenters. The number of rotatable bonds is 8. The van der Waals surface area contributed by atoms with E-state index < -0.39 is 18.8 Å². The van der Waals surface area contributed by atoms with Crippen LogP contribution in [0.4, 0.5) is 0 Å². The lowest BCUT2D eigenvalue weighted by Gasteiger charge is -2.16. The first-order valence-corrected chi connectivity index (χ1v) is 6.74. The molecule has 0 aliphatic carbocycles. The zero-order valence-electron chi connectivity index (χ0n) is 11.0. The van der Waals surface area contributed by atoms with Gasteiger partial charge in [0.1, 0.15) is 12.2 Å². The van der Waals surface area contributed by atoms with Crippen molar-refractivity contribution in [3.63, 3.8) is 0 Å². The number of unbranched alkanes of at least 4 members (excludes halogenated alkanes) is 3. The Balaban J connectivity index is 2.47. The molecule has 102 valence electrons. The van der Waals surface area contributed by atoms with Gasteiger partial charge in [-0.3, -0.25) is 0 Å². The highest BCUT2D eigenvalue weighted by Gasteiger charge is 2.16. The monoisotopic (exact) mass is 252 g/mol. The minimum Gasteiger partial charge on any atom is -0.394 e. The van der Waals surface area contributed by atoms with Crippen LogP contribution in [0.1, 0.15) is 49.8 Å². The molecule has 0 aromatic heterocycles. The van der Waals surface area contributed by atoms with Crippen molar-refractivity contribution in [1.29, 1.82) is 0 Å². The van der Waals surface area contributed by atoms with Crippen molar-refractivity contribution in [2.24, 2.45) is 0 Å². The Hall–Kier alpha value is -0.900. The molecule has 3 N–H and O–H groups in total. The van der Waals surface area contributed by atoms with E-state index in [1.54, 1.807) is 0 Å². The maximum atomic E-state index is 9.72. The minimum atomic E-state index is -1.11. The zero-order chi connectivity index (χ0) is 13.4. The fourth-order valence-corrected chi connectivity index (χ4v) is 1.96. The molecule has 0 saturated heterocycles. The number of aliphatic hydroxyl groups excluding tert-OH is 3. The molecule has 0 bridgehead atoms. The van der Waals surface area contributed by atoms with Gasteiger partial charge >= 0.3 is 0 Å². The lowest BCUT2D eigenvalue weighted by Crippen LogP contribution is -2.21. The molecule has 1 aromatic carbocycles. The first-order chi connectivity index (χ1) is 8.69. The summed E-state index contributed by atoms with van der Waals surface area (Å²) in [6.07, 6.45) is 3.89. The van der Waals surface area contributed by atoms with E-state index >= 15 is 0 Å². The van der Waals surface area contributed by atoms with Crippen LogP contribution in [0.5, 0.6) is 0 Å². The lowest BCUT2D eigenvalue weighted by atomic mass is 10.0. The predicted octanol–water partition coefficient (Wildman–Crippen LogP) is 2.20. The second-order valence-electron chi connectivity index (χ2n) is 4.75. The third-order valence-electron chi connectivity index (χ3n) is 3.19. The van der Waals surface area contributed by atoms with Gasteiger partial charge in [-0.05, 0) is 24.0 Å². The van der Waals surface area contributed by atoms with Gasteiger partial charge in [-0.25, -0.2) is 0 Å². The zero-order valence-corrected chi connectivity index (χ0v) is 11.0. The molecule has 0 spiro atoms. The van der Waals surface area contributed by atoms with Crippen LogP contribution in [0.25, 0.3) is 0 Å². The molecule has 0 heterocycles. The summed E-state index contributed by atoms with van der Waals surface area (Å²) in [7, 11) is 0. The molecule has 0 saturated carbocycles. The van der Waals surface area contributed by atoms with Gasteiger partial charge < -0.3 is 15.3 Å². The van der Waals surface area contributed by atoms with E-state index in [0.29, 0.717) is 5.56 Å². The summed E-state index contributed by atoms with van der Waals surface area (Å²) in [5.74, 6) is 0. The number of benzene rings is 1. The molecular weight excluding hydrogens is 228 g/mol. The predicted molar refractivity (Wildman–Crippen MR) is 72.3 cm³/mol. The van der Waals surface area contributed by atoms with E-state index in [1.165, 1.54) is 31.2 Å². The van der Waals surface area contributed by atoms with Gasteiger partial charge in [0.05, 0.1) is 6.61 Å². The van der Waals surface area contributed by atoms with Gasteiger partial charge in [0.2, 0.25) is 0 Å². The minimum absolute atomic E-state index is 0.431. The van der Waals surface area contributed by atoms with Crippen molar-refractivity contribution in [1.82, 2.24) is 0 Å². The highest BCUT2D eigenvalue weighted by Crippen LogP contribution is 2.18. The molecule has 3 heteroatoms. The molecule has 0 radical (unpaired) electrons. The van der Waals surface area contributed by atoms with Crippen molar-refractivity contribution in [2.45, 2.75) is 51.2 Å². The van der Waals surface area contributed by atoms with E-state index in [1.807, 2.05) is 24.3 Å². The molecule has 2 unspecified atom stereocenters. The van der Waals surface area contributed by atoms with Crippen LogP contribution in [0.3, 0.4) is 0 Å². The number of hydrogen-bond acceptors (Lipinski definition) is 3. The Labute approximate surface area is 109 Å². The number of aliphatic hydroxyl groups is 3. The first-order valence-electron chi connectivity index (χ1n) is 6.74. The van der Waals surface area contributed by atoms with E-state index in [2.05, 4.69) is 6.92 Å². The van der Waals surface area contributed by atoms with Gasteiger partial charge in [0, 0.05) is 0 Å². The summed E-state index contributed by atoms with van der Waals surface area (Å²) in [5, 5.41) is 27.8. The van der Waals surface area contributed by atoms with E-state index in [0.717, 1.165) is 6.42 Å². The van der Waals surface area contributed by atoms with Crippen LogP contribution in [0.15, 0.2) is 24.3 Å². The average molecular weight is 252 g/mol. The van der Waals surface area contributed by atoms with Crippen molar-refractivity contribution < 1.29 is 15.3 Å². The topological polar surface area (TPSA) is 60.7 Å². The summed E-state index contributed by atoms with van der Waals surface area (Å²) in [5.41, 5.74) is 1.90. The van der Waals surface area contributed by atoms with Crippen LogP contribution in [-0.2, 0) is 6.42 Å². The smallest absolute Gasteiger partial charge is 0.107 e. The number of aryl methyl sites for hydroxylation is 1. The first kappa shape index (κ1) is 15.2. The van der Waals surface area contributed by atoms with Gasteiger partial charge in [-0.1, -0.05) is 50.5 Å². The second kappa shape index (κ2) is 8.25. The van der Waals surface area contributed by atoms with Crippen LogP contribution in [0.2, 0.25) is 0 Å². The molecule has 0 aliphatic rings. The standard InChI is InChI=1S/C15H24O3/c1-2-3-4-5-6-12-7-9-13(10-8-12)15(18)14(17)11-16/h7-10,14-18H,2-6,11H2,1H3. The summed E-state index contributed by atoms with van der Waals surface area (Å²) >= 11 is 0. The third-order valence-corrected chi connectivity index (χ3v) is 3.19. The Morgan fingerprint density at radius 1 is 1.00 bits per heavy atom. The fraction of sp³-hybridized carbons (Fsp3) is 0.600. The van der Waals surface area contributed by atoms with Crippen LogP contribution in [-0.4, -0.2) is 28.0 Å². The second-order valence-corrected chi connectivity index (χ2v) is 4.75. The SMILES string of the molecule is CCCCCCc1ccc(C(O)C(O)CO)cc1. The molecule has 18 heavy (non-hydrogen) atoms. The highest BCUT2D eigenvalue weighted by molar-refractivity contribution is 5.24. The Kier molecular flexibility index (Phi) is 6.94. The third kappa shape index (κ3) is 4.77. The van der Waals surface area contributed by atoms with Gasteiger partial charge in [-0.2, -0.15) is 0 Å². The molecule has 1 aromatic rings. The van der Waals surface area contributed by atoms with Gasteiger partial charge in [0.15, 0.2) is 0 Å². The fourth-order valence-electron chi connectivity index (χ4n) is 1.96. The molecule has 1 rings (SSSR count). The van der Waals surface area contributed by atoms with Crippen molar-refractivity contribution in [2.75, 3.05) is 6.61 Å². The molecule has 0 fully saturated rings. The summed E-state index contributed by atoms with van der Waals surface area (Å²) in [4.78, 5) is 0. The molecular formula is C15H24O3. The Morgan fingerprint density at radius 2 is 1.67 bits per heavy atom. The van der Waals surface area contributed by atoms with Crippen LogP contribution >= 0.6 is 0 Å². The highest BCUT2D eigenvalue weighted by atomic mass is 16.4. The molecule has 0 amide bonds. The van der Waals surface area contributed by atoms with Crippen molar-refractivity contribution in [3.05, 3.63) is 35.4 Å². The Bertz CT molecular complexity index is 321. The average Bonchev–Trinajstić information content (AvgIpc) is 2.42. The lowest BCUT2D eigenvalue weighted by molar-refractivity contribution is -0.0152. The molecule has 3 nitrogen and oxygen atoms in total. The van der Waals surface area contributed by atoms with Crippen LogP contribution in [0, 0.1) is 0 Å². The summed E-state index contributed by atoms with van der Waals surface area (Å²) < 4.78 is 0. The Morgan fingerprint density at radius 3 is 2.22 bits per heavy atom. The van der Waals surface area contributed by atoms with E-state index in [-0.39, 0.29) is 0 Å². The quantitative estimate of drug-likeness (QED) is 0.622. The normalized spacial score (nSPS) is 14.4. The van der Waals surface area contributed by atoms with Crippen LogP contribution < -0.4 is 0 Å². The van der Waals surface area contributed by atoms with Crippen molar-refractivity contribution in [3.8, 4) is 0 Å². The maximum absolute atomic E-state index is 9.72. The van der Waals surface area contributed by atoms with E-state index in [4.69, 9.17) is 5.11 Å². The summed E-state index contributed by atoms with van der Waals surface area (Å²) in [6, 6.07) is 7.60. The summed E-state index contributed by atoms with van der Waals surface area (Å²) in [6.45, 7) is 1.77.